The van der Waals surface area contributed by atoms with Gasteiger partial charge in [0, 0.05) is 0 Å². The topological polar surface area (TPSA) is 55.8 Å². The second kappa shape index (κ2) is 7.63. The standard InChI is InChI=1S/C13H16ClNO4/c1-3-19-13(17)9-15(12(16)8-14)10-6-4-5-7-11(10)18-2/h4-7H,3,8-9H2,1-2H3. The molecule has 0 aromatic heterocycles. The van der Waals surface area contributed by atoms with Gasteiger partial charge in [0.05, 0.1) is 19.4 Å². The van der Waals surface area contributed by atoms with Gasteiger partial charge in [0.1, 0.15) is 18.2 Å². The molecule has 0 saturated carbocycles. The number of hydrogen-bond donors (Lipinski definition) is 0. The normalized spacial score (nSPS) is 9.84. The van der Waals surface area contributed by atoms with E-state index < -0.39 is 5.97 Å². The van der Waals surface area contributed by atoms with Crippen molar-refractivity contribution in [2.75, 3.05) is 31.0 Å². The molecule has 0 spiro atoms. The quantitative estimate of drug-likeness (QED) is 0.591. The number of hydrogen-bond acceptors (Lipinski definition) is 4. The minimum atomic E-state index is -0.494. The minimum Gasteiger partial charge on any atom is -0.495 e. The minimum absolute atomic E-state index is 0.195. The van der Waals surface area contributed by atoms with Crippen LogP contribution < -0.4 is 9.64 Å². The van der Waals surface area contributed by atoms with Crippen molar-refractivity contribution in [1.29, 1.82) is 0 Å². The number of alkyl halides is 1. The highest BCUT2D eigenvalue weighted by molar-refractivity contribution is 6.29. The van der Waals surface area contributed by atoms with Crippen molar-refractivity contribution in [2.45, 2.75) is 6.92 Å². The predicted molar refractivity (Wildman–Crippen MR) is 72.7 cm³/mol. The monoisotopic (exact) mass is 285 g/mol. The van der Waals surface area contributed by atoms with E-state index in [1.807, 2.05) is 0 Å². The molecule has 0 atom stereocenters. The molecule has 0 N–H and O–H groups in total. The molecule has 1 rings (SSSR count). The third kappa shape index (κ3) is 4.13. The Morgan fingerprint density at radius 3 is 2.58 bits per heavy atom. The summed E-state index contributed by atoms with van der Waals surface area (Å²) in [4.78, 5) is 24.7. The van der Waals surface area contributed by atoms with Gasteiger partial charge in [0.15, 0.2) is 0 Å². The van der Waals surface area contributed by atoms with Crippen molar-refractivity contribution in [2.24, 2.45) is 0 Å². The van der Waals surface area contributed by atoms with Gasteiger partial charge in [-0.15, -0.1) is 11.6 Å². The van der Waals surface area contributed by atoms with E-state index in [0.29, 0.717) is 11.4 Å². The molecule has 0 fully saturated rings. The van der Waals surface area contributed by atoms with Gasteiger partial charge >= 0.3 is 5.97 Å². The van der Waals surface area contributed by atoms with Crippen molar-refractivity contribution in [3.63, 3.8) is 0 Å². The lowest BCUT2D eigenvalue weighted by Gasteiger charge is -2.22. The summed E-state index contributed by atoms with van der Waals surface area (Å²) < 4.78 is 10.0. The Balaban J connectivity index is 3.02. The maximum absolute atomic E-state index is 11.9. The Bertz CT molecular complexity index is 450. The number of esters is 1. The molecule has 0 heterocycles. The van der Waals surface area contributed by atoms with Crippen LogP contribution in [-0.4, -0.2) is 38.0 Å². The number of amides is 1. The van der Waals surface area contributed by atoms with E-state index in [9.17, 15) is 9.59 Å². The number of anilines is 1. The number of carbonyl (C=O) groups excluding carboxylic acids is 2. The fourth-order valence-electron chi connectivity index (χ4n) is 1.57. The molecule has 19 heavy (non-hydrogen) atoms. The van der Waals surface area contributed by atoms with Crippen LogP contribution in [0, 0.1) is 0 Å². The van der Waals surface area contributed by atoms with Gasteiger partial charge < -0.3 is 9.47 Å². The highest BCUT2D eigenvalue weighted by Gasteiger charge is 2.21. The molecular weight excluding hydrogens is 270 g/mol. The number of methoxy groups -OCH3 is 1. The van der Waals surface area contributed by atoms with Gasteiger partial charge in [-0.25, -0.2) is 0 Å². The van der Waals surface area contributed by atoms with Crippen LogP contribution in [0.2, 0.25) is 0 Å². The van der Waals surface area contributed by atoms with Gasteiger partial charge in [0.25, 0.3) is 0 Å². The van der Waals surface area contributed by atoms with Crippen LogP contribution in [0.4, 0.5) is 5.69 Å². The fraction of sp³-hybridized carbons (Fsp3) is 0.385. The third-order valence-corrected chi connectivity index (χ3v) is 2.61. The van der Waals surface area contributed by atoms with Crippen molar-refractivity contribution in [3.05, 3.63) is 24.3 Å². The Kier molecular flexibility index (Phi) is 6.15. The number of ether oxygens (including phenoxy) is 2. The highest BCUT2D eigenvalue weighted by atomic mass is 35.5. The van der Waals surface area contributed by atoms with Crippen molar-refractivity contribution < 1.29 is 19.1 Å². The Morgan fingerprint density at radius 1 is 1.32 bits per heavy atom. The summed E-state index contributed by atoms with van der Waals surface area (Å²) in [5.41, 5.74) is 0.490. The molecule has 0 aliphatic carbocycles. The molecule has 1 aromatic rings. The van der Waals surface area contributed by atoms with Crippen LogP contribution in [-0.2, 0) is 14.3 Å². The molecule has 0 radical (unpaired) electrons. The van der Waals surface area contributed by atoms with Gasteiger partial charge in [-0.2, -0.15) is 0 Å². The number of nitrogens with zero attached hydrogens (tertiary/aromatic N) is 1. The Hall–Kier alpha value is -1.75. The summed E-state index contributed by atoms with van der Waals surface area (Å²) >= 11 is 5.57. The van der Waals surface area contributed by atoms with Crippen LogP contribution in [0.5, 0.6) is 5.75 Å². The van der Waals surface area contributed by atoms with Gasteiger partial charge in [0.2, 0.25) is 5.91 Å². The summed E-state index contributed by atoms with van der Waals surface area (Å²) in [5.74, 6) is -0.617. The van der Waals surface area contributed by atoms with Gasteiger partial charge in [-0.05, 0) is 19.1 Å². The largest absolute Gasteiger partial charge is 0.495 e. The number of rotatable bonds is 6. The third-order valence-electron chi connectivity index (χ3n) is 2.38. The molecule has 1 aromatic carbocycles. The van der Waals surface area contributed by atoms with Crippen LogP contribution in [0.3, 0.4) is 0 Å². The highest BCUT2D eigenvalue weighted by Crippen LogP contribution is 2.27. The second-order valence-corrected chi connectivity index (χ2v) is 3.86. The van der Waals surface area contributed by atoms with Crippen LogP contribution >= 0.6 is 11.6 Å². The smallest absolute Gasteiger partial charge is 0.326 e. The maximum atomic E-state index is 11.9. The SMILES string of the molecule is CCOC(=O)CN(C(=O)CCl)c1ccccc1OC. The number of halogens is 1. The van der Waals surface area contributed by atoms with Crippen LogP contribution in [0.15, 0.2) is 24.3 Å². The van der Waals surface area contributed by atoms with Crippen LogP contribution in [0.25, 0.3) is 0 Å². The molecule has 6 heteroatoms. The molecule has 0 unspecified atom stereocenters. The summed E-state index contributed by atoms with van der Waals surface area (Å²) in [7, 11) is 1.49. The number of carbonyl (C=O) groups is 2. The number of para-hydroxylation sites is 2. The molecule has 104 valence electrons. The van der Waals surface area contributed by atoms with E-state index in [1.165, 1.54) is 12.0 Å². The van der Waals surface area contributed by atoms with Crippen molar-refractivity contribution in [1.82, 2.24) is 0 Å². The summed E-state index contributed by atoms with van der Waals surface area (Å²) in [6, 6.07) is 6.91. The second-order valence-electron chi connectivity index (χ2n) is 3.59. The zero-order chi connectivity index (χ0) is 14.3. The van der Waals surface area contributed by atoms with E-state index in [0.717, 1.165) is 0 Å². The van der Waals surface area contributed by atoms with E-state index in [-0.39, 0.29) is 24.9 Å². The first-order chi connectivity index (χ1) is 9.13. The zero-order valence-corrected chi connectivity index (χ0v) is 11.6. The zero-order valence-electron chi connectivity index (χ0n) is 10.9. The summed E-state index contributed by atoms with van der Waals surface area (Å²) in [6.07, 6.45) is 0. The first kappa shape index (κ1) is 15.3. The lowest BCUT2D eigenvalue weighted by molar-refractivity contribution is -0.142. The van der Waals surface area contributed by atoms with Crippen molar-refractivity contribution in [3.8, 4) is 5.75 Å². The summed E-state index contributed by atoms with van der Waals surface area (Å²) in [5, 5.41) is 0. The molecule has 0 bridgehead atoms. The van der Waals surface area contributed by atoms with Gasteiger partial charge in [-0.1, -0.05) is 12.1 Å². The lowest BCUT2D eigenvalue weighted by Crippen LogP contribution is -2.37. The molecular formula is C13H16ClNO4. The maximum Gasteiger partial charge on any atom is 0.326 e. The molecule has 0 aliphatic heterocycles. The van der Waals surface area contributed by atoms with Crippen molar-refractivity contribution >= 4 is 29.2 Å². The van der Waals surface area contributed by atoms with E-state index in [2.05, 4.69) is 0 Å². The van der Waals surface area contributed by atoms with Gasteiger partial charge in [-0.3, -0.25) is 14.5 Å². The average Bonchev–Trinajstić information content (AvgIpc) is 2.44. The Morgan fingerprint density at radius 2 is 2.00 bits per heavy atom. The van der Waals surface area contributed by atoms with E-state index in [1.54, 1.807) is 31.2 Å². The average molecular weight is 286 g/mol. The molecule has 5 nitrogen and oxygen atoms in total. The van der Waals surface area contributed by atoms with Crippen LogP contribution in [0.1, 0.15) is 6.92 Å². The fourth-order valence-corrected chi connectivity index (χ4v) is 1.71. The molecule has 0 aliphatic rings. The summed E-state index contributed by atoms with van der Waals surface area (Å²) in [6.45, 7) is 1.77. The Labute approximate surface area is 117 Å². The lowest BCUT2D eigenvalue weighted by atomic mass is 10.2. The predicted octanol–water partition coefficient (Wildman–Crippen LogP) is 1.83. The first-order valence-corrected chi connectivity index (χ1v) is 6.32. The molecule has 0 saturated heterocycles. The van der Waals surface area contributed by atoms with E-state index >= 15 is 0 Å². The van der Waals surface area contributed by atoms with E-state index in [4.69, 9.17) is 21.1 Å². The first-order valence-electron chi connectivity index (χ1n) is 5.79. The molecule has 1 amide bonds. The number of benzene rings is 1.